The standard InChI is InChI=1S/C17H9Cl2NO2S/c18-11-2-1-9(7-12(11)19)8-20-13-3-4-14-10(5-6-23-14)15(13)16(21)17(20)22/h1-7H,8H2. The van der Waals surface area contributed by atoms with Crippen LogP contribution in [0.25, 0.3) is 10.1 Å². The monoisotopic (exact) mass is 361 g/mol. The molecule has 2 aromatic carbocycles. The number of Topliss-reactive ketones (excluding diaryl/α,β-unsaturated/α-hetero) is 1. The van der Waals surface area contributed by atoms with Crippen molar-refractivity contribution in [3.8, 4) is 0 Å². The summed E-state index contributed by atoms with van der Waals surface area (Å²) >= 11 is 13.5. The molecule has 3 nitrogen and oxygen atoms in total. The van der Waals surface area contributed by atoms with Gasteiger partial charge in [0.05, 0.1) is 27.8 Å². The molecule has 0 unspecified atom stereocenters. The first-order valence-corrected chi connectivity index (χ1v) is 8.50. The van der Waals surface area contributed by atoms with Gasteiger partial charge in [0.1, 0.15) is 0 Å². The third-order valence-electron chi connectivity index (χ3n) is 3.90. The molecule has 0 fully saturated rings. The third kappa shape index (κ3) is 2.26. The van der Waals surface area contributed by atoms with Gasteiger partial charge in [0.25, 0.3) is 11.7 Å². The molecule has 2 heterocycles. The maximum absolute atomic E-state index is 12.4. The molecule has 0 aliphatic carbocycles. The van der Waals surface area contributed by atoms with Crippen LogP contribution in [0.5, 0.6) is 0 Å². The van der Waals surface area contributed by atoms with Crippen molar-refractivity contribution in [1.82, 2.24) is 0 Å². The first-order chi connectivity index (χ1) is 11.1. The van der Waals surface area contributed by atoms with Gasteiger partial charge in [-0.3, -0.25) is 9.59 Å². The molecule has 0 saturated carbocycles. The van der Waals surface area contributed by atoms with E-state index in [1.54, 1.807) is 29.5 Å². The van der Waals surface area contributed by atoms with Gasteiger partial charge in [-0.15, -0.1) is 11.3 Å². The number of fused-ring (bicyclic) bond motifs is 3. The van der Waals surface area contributed by atoms with Gasteiger partial charge in [0.2, 0.25) is 0 Å². The first-order valence-electron chi connectivity index (χ1n) is 6.86. The molecule has 0 bridgehead atoms. The maximum Gasteiger partial charge on any atom is 0.299 e. The maximum atomic E-state index is 12.4. The summed E-state index contributed by atoms with van der Waals surface area (Å²) in [4.78, 5) is 26.3. The van der Waals surface area contributed by atoms with E-state index in [-0.39, 0.29) is 6.54 Å². The summed E-state index contributed by atoms with van der Waals surface area (Å²) in [6.45, 7) is 0.282. The van der Waals surface area contributed by atoms with Crippen LogP contribution >= 0.6 is 34.5 Å². The highest BCUT2D eigenvalue weighted by Gasteiger charge is 2.37. The highest BCUT2D eigenvalue weighted by Crippen LogP contribution is 2.38. The number of anilines is 1. The van der Waals surface area contributed by atoms with Crippen LogP contribution in [-0.4, -0.2) is 11.7 Å². The van der Waals surface area contributed by atoms with Crippen molar-refractivity contribution in [2.24, 2.45) is 0 Å². The number of amides is 1. The van der Waals surface area contributed by atoms with E-state index >= 15 is 0 Å². The van der Waals surface area contributed by atoms with E-state index in [0.29, 0.717) is 21.3 Å². The summed E-state index contributed by atoms with van der Waals surface area (Å²) in [5.74, 6) is -0.964. The number of ketones is 1. The lowest BCUT2D eigenvalue weighted by atomic mass is 10.1. The Bertz CT molecular complexity index is 980. The minimum atomic E-state index is -0.509. The Morgan fingerprint density at radius 3 is 2.61 bits per heavy atom. The molecule has 1 aliphatic rings. The first kappa shape index (κ1) is 14.7. The van der Waals surface area contributed by atoms with Crippen LogP contribution in [0.3, 0.4) is 0 Å². The van der Waals surface area contributed by atoms with Crippen LogP contribution in [0.15, 0.2) is 41.8 Å². The second-order valence-corrected chi connectivity index (χ2v) is 7.02. The number of hydrogen-bond acceptors (Lipinski definition) is 3. The quantitative estimate of drug-likeness (QED) is 0.606. The van der Waals surface area contributed by atoms with Crippen LogP contribution in [0.4, 0.5) is 5.69 Å². The number of thiophene rings is 1. The Kier molecular flexibility index (Phi) is 3.41. The molecule has 0 radical (unpaired) electrons. The van der Waals surface area contributed by atoms with E-state index in [1.165, 1.54) is 4.90 Å². The van der Waals surface area contributed by atoms with Crippen LogP contribution in [0, 0.1) is 0 Å². The van der Waals surface area contributed by atoms with E-state index in [1.807, 2.05) is 23.6 Å². The molecule has 1 amide bonds. The number of carbonyl (C=O) groups is 2. The molecule has 0 N–H and O–H groups in total. The largest absolute Gasteiger partial charge is 0.300 e. The molecular weight excluding hydrogens is 353 g/mol. The van der Waals surface area contributed by atoms with E-state index in [4.69, 9.17) is 23.2 Å². The SMILES string of the molecule is O=C1C(=O)N(Cc2ccc(Cl)c(Cl)c2)c2ccc3sccc3c21. The van der Waals surface area contributed by atoms with E-state index in [2.05, 4.69) is 0 Å². The highest BCUT2D eigenvalue weighted by atomic mass is 35.5. The molecule has 0 atom stereocenters. The summed E-state index contributed by atoms with van der Waals surface area (Å²) in [6, 6.07) is 10.8. The number of halogens is 2. The summed E-state index contributed by atoms with van der Waals surface area (Å²) in [5.41, 5.74) is 1.96. The Morgan fingerprint density at radius 1 is 1.00 bits per heavy atom. The number of rotatable bonds is 2. The average Bonchev–Trinajstić information content (AvgIpc) is 3.10. The van der Waals surface area contributed by atoms with Crippen LogP contribution < -0.4 is 4.90 Å². The van der Waals surface area contributed by atoms with E-state index in [0.717, 1.165) is 15.6 Å². The van der Waals surface area contributed by atoms with Gasteiger partial charge in [-0.1, -0.05) is 29.3 Å². The zero-order valence-corrected chi connectivity index (χ0v) is 14.0. The number of hydrogen-bond donors (Lipinski definition) is 0. The lowest BCUT2D eigenvalue weighted by molar-refractivity contribution is -0.114. The van der Waals surface area contributed by atoms with Crippen molar-refractivity contribution in [2.75, 3.05) is 4.90 Å². The van der Waals surface area contributed by atoms with Crippen molar-refractivity contribution in [1.29, 1.82) is 0 Å². The van der Waals surface area contributed by atoms with Crippen LogP contribution in [0.1, 0.15) is 15.9 Å². The second kappa shape index (κ2) is 5.34. The molecule has 0 saturated heterocycles. The highest BCUT2D eigenvalue weighted by molar-refractivity contribution is 7.17. The van der Waals surface area contributed by atoms with Crippen molar-refractivity contribution >= 4 is 62.0 Å². The number of carbonyl (C=O) groups excluding carboxylic acids is 2. The smallest absolute Gasteiger partial charge is 0.299 e. The van der Waals surface area contributed by atoms with Crippen molar-refractivity contribution in [3.05, 3.63) is 63.0 Å². The third-order valence-corrected chi connectivity index (χ3v) is 5.52. The van der Waals surface area contributed by atoms with E-state index in [9.17, 15) is 9.59 Å². The predicted molar refractivity (Wildman–Crippen MR) is 93.8 cm³/mol. The van der Waals surface area contributed by atoms with E-state index < -0.39 is 11.7 Å². The Balaban J connectivity index is 1.80. The van der Waals surface area contributed by atoms with Crippen molar-refractivity contribution in [2.45, 2.75) is 6.54 Å². The summed E-state index contributed by atoms with van der Waals surface area (Å²) in [5, 5.41) is 3.64. The molecule has 1 aliphatic heterocycles. The number of benzene rings is 2. The lowest BCUT2D eigenvalue weighted by Crippen LogP contribution is -2.29. The van der Waals surface area contributed by atoms with Gasteiger partial charge in [0.15, 0.2) is 0 Å². The van der Waals surface area contributed by atoms with Gasteiger partial charge >= 0.3 is 0 Å². The second-order valence-electron chi connectivity index (χ2n) is 5.26. The van der Waals surface area contributed by atoms with Gasteiger partial charge in [0, 0.05) is 10.1 Å². The topological polar surface area (TPSA) is 37.4 Å². The minimum absolute atomic E-state index is 0.282. The molecule has 4 rings (SSSR count). The molecule has 3 aromatic rings. The molecule has 0 spiro atoms. The van der Waals surface area contributed by atoms with Crippen LogP contribution in [-0.2, 0) is 11.3 Å². The van der Waals surface area contributed by atoms with Gasteiger partial charge in [-0.2, -0.15) is 0 Å². The van der Waals surface area contributed by atoms with Gasteiger partial charge < -0.3 is 4.90 Å². The van der Waals surface area contributed by atoms with Gasteiger partial charge in [-0.25, -0.2) is 0 Å². The van der Waals surface area contributed by atoms with Gasteiger partial charge in [-0.05, 0) is 41.3 Å². The fourth-order valence-electron chi connectivity index (χ4n) is 2.81. The Morgan fingerprint density at radius 2 is 1.83 bits per heavy atom. The minimum Gasteiger partial charge on any atom is -0.300 e. The average molecular weight is 362 g/mol. The lowest BCUT2D eigenvalue weighted by Gasteiger charge is -2.17. The number of nitrogens with zero attached hydrogens (tertiary/aromatic N) is 1. The fraction of sp³-hybridized carbons (Fsp3) is 0.0588. The van der Waals surface area contributed by atoms with Crippen LogP contribution in [0.2, 0.25) is 10.0 Å². The molecule has 23 heavy (non-hydrogen) atoms. The predicted octanol–water partition coefficient (Wildman–Crippen LogP) is 4.94. The summed E-state index contributed by atoms with van der Waals surface area (Å²) in [7, 11) is 0. The molecule has 6 heteroatoms. The molecular formula is C17H9Cl2NO2S. The summed E-state index contributed by atoms with van der Waals surface area (Å²) < 4.78 is 1.00. The zero-order chi connectivity index (χ0) is 16.1. The Labute approximate surface area is 146 Å². The molecule has 1 aromatic heterocycles. The molecule has 114 valence electrons. The normalized spacial score (nSPS) is 13.9. The fourth-order valence-corrected chi connectivity index (χ4v) is 3.93. The summed E-state index contributed by atoms with van der Waals surface area (Å²) in [6.07, 6.45) is 0. The van der Waals surface area contributed by atoms with Crippen molar-refractivity contribution < 1.29 is 9.59 Å². The zero-order valence-electron chi connectivity index (χ0n) is 11.7. The van der Waals surface area contributed by atoms with Crippen molar-refractivity contribution in [3.63, 3.8) is 0 Å². The Hall–Kier alpha value is -1.88.